The summed E-state index contributed by atoms with van der Waals surface area (Å²) in [5, 5.41) is 0. The van der Waals surface area contributed by atoms with E-state index in [1.165, 1.54) is 0 Å². The van der Waals surface area contributed by atoms with Crippen LogP contribution in [-0.2, 0) is 9.78 Å². The molecule has 1 aromatic carbocycles. The van der Waals surface area contributed by atoms with Gasteiger partial charge in [0.15, 0.2) is 0 Å². The van der Waals surface area contributed by atoms with Crippen molar-refractivity contribution in [1.82, 2.24) is 0 Å². The first kappa shape index (κ1) is 13.2. The lowest BCUT2D eigenvalue weighted by Gasteiger charge is -2.25. The molecular formula is C14H22O2. The first-order valence-corrected chi connectivity index (χ1v) is 5.79. The first-order chi connectivity index (χ1) is 7.40. The van der Waals surface area contributed by atoms with E-state index in [4.69, 9.17) is 9.78 Å². The zero-order valence-corrected chi connectivity index (χ0v) is 10.9. The van der Waals surface area contributed by atoms with E-state index in [0.29, 0.717) is 5.92 Å². The Morgan fingerprint density at radius 2 is 1.56 bits per heavy atom. The summed E-state index contributed by atoms with van der Waals surface area (Å²) < 4.78 is 0. The van der Waals surface area contributed by atoms with Gasteiger partial charge in [0.05, 0.1) is 5.60 Å². The Morgan fingerprint density at radius 3 is 2.00 bits per heavy atom. The van der Waals surface area contributed by atoms with Crippen molar-refractivity contribution >= 4 is 0 Å². The van der Waals surface area contributed by atoms with Crippen molar-refractivity contribution in [3.8, 4) is 0 Å². The van der Waals surface area contributed by atoms with Gasteiger partial charge in [0.1, 0.15) is 6.10 Å². The molecule has 0 saturated heterocycles. The average molecular weight is 222 g/mol. The summed E-state index contributed by atoms with van der Waals surface area (Å²) in [6, 6.07) is 10.2. The maximum Gasteiger partial charge on any atom is 0.120 e. The molecule has 2 nitrogen and oxygen atoms in total. The van der Waals surface area contributed by atoms with Crippen molar-refractivity contribution in [1.29, 1.82) is 0 Å². The average Bonchev–Trinajstić information content (AvgIpc) is 2.17. The Balaban J connectivity index is 2.70. The molecule has 0 saturated carbocycles. The normalized spacial score (nSPS) is 14.1. The predicted molar refractivity (Wildman–Crippen MR) is 65.9 cm³/mol. The fourth-order valence-corrected chi connectivity index (χ4v) is 1.39. The molecule has 0 aliphatic rings. The van der Waals surface area contributed by atoms with Crippen LogP contribution >= 0.6 is 0 Å². The molecule has 0 radical (unpaired) electrons. The second-order valence-corrected chi connectivity index (χ2v) is 5.37. The van der Waals surface area contributed by atoms with Crippen LogP contribution in [-0.4, -0.2) is 5.60 Å². The first-order valence-electron chi connectivity index (χ1n) is 5.79. The van der Waals surface area contributed by atoms with Crippen LogP contribution in [0.1, 0.15) is 46.3 Å². The minimum Gasteiger partial charge on any atom is -0.230 e. The van der Waals surface area contributed by atoms with E-state index in [0.717, 1.165) is 5.56 Å². The highest BCUT2D eigenvalue weighted by atomic mass is 17.2. The molecule has 0 heterocycles. The van der Waals surface area contributed by atoms with Gasteiger partial charge in [0.2, 0.25) is 0 Å². The highest BCUT2D eigenvalue weighted by molar-refractivity contribution is 5.17. The minimum atomic E-state index is -0.276. The SMILES string of the molecule is CC(C)C(OOC(C)(C)C)c1ccccc1. The molecule has 0 bridgehead atoms. The van der Waals surface area contributed by atoms with E-state index in [1.54, 1.807) is 0 Å². The fraction of sp³-hybridized carbons (Fsp3) is 0.571. The summed E-state index contributed by atoms with van der Waals surface area (Å²) in [4.78, 5) is 11.0. The zero-order chi connectivity index (χ0) is 12.2. The van der Waals surface area contributed by atoms with E-state index in [2.05, 4.69) is 26.0 Å². The Hall–Kier alpha value is -0.860. The second-order valence-electron chi connectivity index (χ2n) is 5.37. The Morgan fingerprint density at radius 1 is 1.00 bits per heavy atom. The predicted octanol–water partition coefficient (Wildman–Crippen LogP) is 4.13. The van der Waals surface area contributed by atoms with Crippen LogP contribution in [0.15, 0.2) is 30.3 Å². The largest absolute Gasteiger partial charge is 0.230 e. The van der Waals surface area contributed by atoms with Gasteiger partial charge >= 0.3 is 0 Å². The van der Waals surface area contributed by atoms with E-state index < -0.39 is 0 Å². The third kappa shape index (κ3) is 4.33. The molecule has 2 heteroatoms. The number of hydrogen-bond acceptors (Lipinski definition) is 2. The fourth-order valence-electron chi connectivity index (χ4n) is 1.39. The molecular weight excluding hydrogens is 200 g/mol. The van der Waals surface area contributed by atoms with E-state index in [1.807, 2.05) is 39.0 Å². The standard InChI is InChI=1S/C14H22O2/c1-11(2)13(15-16-14(3,4)5)12-9-7-6-8-10-12/h6-11,13H,1-5H3. The van der Waals surface area contributed by atoms with Gasteiger partial charge in [-0.3, -0.25) is 0 Å². The van der Waals surface area contributed by atoms with Crippen LogP contribution in [0.2, 0.25) is 0 Å². The molecule has 0 aliphatic carbocycles. The summed E-state index contributed by atoms with van der Waals surface area (Å²) in [6.45, 7) is 10.2. The van der Waals surface area contributed by atoms with Gasteiger partial charge in [-0.1, -0.05) is 44.2 Å². The van der Waals surface area contributed by atoms with Gasteiger partial charge in [0, 0.05) is 0 Å². The molecule has 0 amide bonds. The summed E-state index contributed by atoms with van der Waals surface area (Å²) in [5.41, 5.74) is 0.879. The molecule has 0 fully saturated rings. The summed E-state index contributed by atoms with van der Waals surface area (Å²) in [5.74, 6) is 0.379. The molecule has 0 N–H and O–H groups in total. The third-order valence-electron chi connectivity index (χ3n) is 2.14. The van der Waals surface area contributed by atoms with Crippen molar-refractivity contribution in [2.45, 2.75) is 46.3 Å². The lowest BCUT2D eigenvalue weighted by Crippen LogP contribution is -2.23. The monoisotopic (exact) mass is 222 g/mol. The Bertz CT molecular complexity index is 298. The van der Waals surface area contributed by atoms with Gasteiger partial charge in [-0.2, -0.15) is 0 Å². The highest BCUT2D eigenvalue weighted by Crippen LogP contribution is 2.27. The van der Waals surface area contributed by atoms with Crippen molar-refractivity contribution in [3.05, 3.63) is 35.9 Å². The Kier molecular flexibility index (Phi) is 4.51. The van der Waals surface area contributed by atoms with Crippen LogP contribution in [0, 0.1) is 5.92 Å². The van der Waals surface area contributed by atoms with E-state index in [-0.39, 0.29) is 11.7 Å². The second kappa shape index (κ2) is 5.46. The van der Waals surface area contributed by atoms with Gasteiger partial charge in [0.25, 0.3) is 0 Å². The molecule has 1 rings (SSSR count). The summed E-state index contributed by atoms with van der Waals surface area (Å²) >= 11 is 0. The molecule has 0 spiro atoms. The number of benzene rings is 1. The van der Waals surface area contributed by atoms with Gasteiger partial charge in [-0.25, -0.2) is 9.78 Å². The molecule has 1 atom stereocenters. The molecule has 16 heavy (non-hydrogen) atoms. The maximum atomic E-state index is 5.55. The number of rotatable bonds is 4. The molecule has 0 aliphatic heterocycles. The van der Waals surface area contributed by atoms with Gasteiger partial charge < -0.3 is 0 Å². The maximum absolute atomic E-state index is 5.55. The molecule has 0 aromatic heterocycles. The van der Waals surface area contributed by atoms with Crippen molar-refractivity contribution in [2.24, 2.45) is 5.92 Å². The molecule has 1 unspecified atom stereocenters. The van der Waals surface area contributed by atoms with Gasteiger partial charge in [-0.05, 0) is 32.3 Å². The highest BCUT2D eigenvalue weighted by Gasteiger charge is 2.21. The minimum absolute atomic E-state index is 0.0135. The van der Waals surface area contributed by atoms with Gasteiger partial charge in [-0.15, -0.1) is 0 Å². The quantitative estimate of drug-likeness (QED) is 0.563. The van der Waals surface area contributed by atoms with Crippen LogP contribution < -0.4 is 0 Å². The van der Waals surface area contributed by atoms with Crippen LogP contribution in [0.3, 0.4) is 0 Å². The lowest BCUT2D eigenvalue weighted by molar-refractivity contribution is -0.382. The van der Waals surface area contributed by atoms with Crippen LogP contribution in [0.5, 0.6) is 0 Å². The third-order valence-corrected chi connectivity index (χ3v) is 2.14. The van der Waals surface area contributed by atoms with E-state index >= 15 is 0 Å². The summed E-state index contributed by atoms with van der Waals surface area (Å²) in [6.07, 6.45) is -0.0135. The van der Waals surface area contributed by atoms with Crippen molar-refractivity contribution < 1.29 is 9.78 Å². The van der Waals surface area contributed by atoms with E-state index in [9.17, 15) is 0 Å². The number of hydrogen-bond donors (Lipinski definition) is 0. The molecule has 1 aromatic rings. The zero-order valence-electron chi connectivity index (χ0n) is 10.9. The van der Waals surface area contributed by atoms with Crippen molar-refractivity contribution in [2.75, 3.05) is 0 Å². The summed E-state index contributed by atoms with van der Waals surface area (Å²) in [7, 11) is 0. The lowest BCUT2D eigenvalue weighted by atomic mass is 9.99. The molecule has 90 valence electrons. The topological polar surface area (TPSA) is 18.5 Å². The smallest absolute Gasteiger partial charge is 0.120 e. The Labute approximate surface area is 98.5 Å². The van der Waals surface area contributed by atoms with Crippen LogP contribution in [0.25, 0.3) is 0 Å². The van der Waals surface area contributed by atoms with Crippen molar-refractivity contribution in [3.63, 3.8) is 0 Å². The van der Waals surface area contributed by atoms with Crippen LogP contribution in [0.4, 0.5) is 0 Å².